The van der Waals surface area contributed by atoms with Crippen molar-refractivity contribution >= 4 is 63.5 Å². The van der Waals surface area contributed by atoms with Gasteiger partial charge in [0.15, 0.2) is 18.1 Å². The van der Waals surface area contributed by atoms with Gasteiger partial charge in [-0.15, -0.1) is 0 Å². The summed E-state index contributed by atoms with van der Waals surface area (Å²) in [7, 11) is 1.46. The minimum absolute atomic E-state index is 0.131. The standard InChI is InChI=1S/C19H12Cl2IN3O3/c1-27-16-9-11(8-14(22)18(16)28-6-5-23)7-12(10-24)19(26)25-15-4-2-3-13(20)17(15)21/h2-4,7-9H,6H2,1H3,(H,25,26)/b12-7-. The Balaban J connectivity index is 2.34. The molecule has 0 spiro atoms. The van der Waals surface area contributed by atoms with Gasteiger partial charge in [0.05, 0.1) is 26.4 Å². The number of anilines is 1. The number of hydrogen-bond acceptors (Lipinski definition) is 5. The molecule has 0 aromatic heterocycles. The van der Waals surface area contributed by atoms with Crippen molar-refractivity contribution in [2.45, 2.75) is 0 Å². The fraction of sp³-hybridized carbons (Fsp3) is 0.105. The molecule has 1 N–H and O–H groups in total. The first-order chi connectivity index (χ1) is 13.4. The first-order valence-corrected chi connectivity index (χ1v) is 9.49. The van der Waals surface area contributed by atoms with Crippen LogP contribution < -0.4 is 14.8 Å². The van der Waals surface area contributed by atoms with Crippen molar-refractivity contribution in [2.75, 3.05) is 19.0 Å². The number of nitrogens with one attached hydrogen (secondary N) is 1. The number of methoxy groups -OCH3 is 1. The van der Waals surface area contributed by atoms with Gasteiger partial charge in [-0.3, -0.25) is 4.79 Å². The average molecular weight is 528 g/mol. The highest BCUT2D eigenvalue weighted by atomic mass is 127. The van der Waals surface area contributed by atoms with Crippen LogP contribution >= 0.6 is 45.8 Å². The zero-order valence-electron chi connectivity index (χ0n) is 14.4. The number of hydrogen-bond donors (Lipinski definition) is 1. The van der Waals surface area contributed by atoms with Gasteiger partial charge in [0, 0.05) is 0 Å². The second-order valence-corrected chi connectivity index (χ2v) is 7.15. The van der Waals surface area contributed by atoms with E-state index in [0.29, 0.717) is 26.3 Å². The largest absolute Gasteiger partial charge is 0.493 e. The van der Waals surface area contributed by atoms with E-state index in [4.69, 9.17) is 37.9 Å². The fourth-order valence-electron chi connectivity index (χ4n) is 2.17. The third kappa shape index (κ3) is 5.29. The molecule has 0 fully saturated rings. The van der Waals surface area contributed by atoms with E-state index in [1.165, 1.54) is 13.2 Å². The molecule has 28 heavy (non-hydrogen) atoms. The van der Waals surface area contributed by atoms with Gasteiger partial charge < -0.3 is 14.8 Å². The molecule has 2 rings (SSSR count). The monoisotopic (exact) mass is 527 g/mol. The number of carbonyl (C=O) groups is 1. The molecular formula is C19H12Cl2IN3O3. The molecule has 0 saturated heterocycles. The van der Waals surface area contributed by atoms with Crippen molar-refractivity contribution in [2.24, 2.45) is 0 Å². The SMILES string of the molecule is COc1cc(/C=C(/C#N)C(=O)Nc2cccc(Cl)c2Cl)cc(I)c1OCC#N. The highest BCUT2D eigenvalue weighted by Crippen LogP contribution is 2.35. The lowest BCUT2D eigenvalue weighted by atomic mass is 10.1. The van der Waals surface area contributed by atoms with Crippen LogP contribution in [-0.2, 0) is 4.79 Å². The van der Waals surface area contributed by atoms with E-state index in [2.05, 4.69) is 5.32 Å². The molecule has 0 heterocycles. The lowest BCUT2D eigenvalue weighted by Crippen LogP contribution is -2.13. The van der Waals surface area contributed by atoms with E-state index < -0.39 is 5.91 Å². The summed E-state index contributed by atoms with van der Waals surface area (Å²) in [5.74, 6) is 0.157. The van der Waals surface area contributed by atoms with Gasteiger partial charge in [-0.2, -0.15) is 10.5 Å². The van der Waals surface area contributed by atoms with Crippen LogP contribution in [0.3, 0.4) is 0 Å². The van der Waals surface area contributed by atoms with Gasteiger partial charge in [-0.25, -0.2) is 0 Å². The molecule has 0 bridgehead atoms. The summed E-state index contributed by atoms with van der Waals surface area (Å²) in [5.41, 5.74) is 0.710. The maximum absolute atomic E-state index is 12.5. The lowest BCUT2D eigenvalue weighted by molar-refractivity contribution is -0.112. The Morgan fingerprint density at radius 2 is 2.07 bits per heavy atom. The second kappa shape index (κ2) is 10.2. The van der Waals surface area contributed by atoms with Gasteiger partial charge in [-0.1, -0.05) is 29.3 Å². The Kier molecular flexibility index (Phi) is 7.94. The second-order valence-electron chi connectivity index (χ2n) is 5.21. The molecule has 0 saturated carbocycles. The van der Waals surface area contributed by atoms with E-state index in [9.17, 15) is 10.1 Å². The summed E-state index contributed by atoms with van der Waals surface area (Å²) in [4.78, 5) is 12.5. The van der Waals surface area contributed by atoms with Crippen LogP contribution in [0.2, 0.25) is 10.0 Å². The molecule has 2 aromatic rings. The number of rotatable bonds is 6. The first-order valence-electron chi connectivity index (χ1n) is 7.65. The maximum Gasteiger partial charge on any atom is 0.266 e. The van der Waals surface area contributed by atoms with Crippen LogP contribution in [0.1, 0.15) is 5.56 Å². The predicted octanol–water partition coefficient (Wildman–Crippen LogP) is 5.05. The number of amides is 1. The highest BCUT2D eigenvalue weighted by molar-refractivity contribution is 14.1. The molecule has 0 aliphatic carbocycles. The quantitative estimate of drug-likeness (QED) is 0.322. The number of ether oxygens (including phenoxy) is 2. The Morgan fingerprint density at radius 1 is 1.32 bits per heavy atom. The van der Waals surface area contributed by atoms with Gasteiger partial charge in [0.2, 0.25) is 0 Å². The number of halogens is 3. The van der Waals surface area contributed by atoms with Crippen LogP contribution in [0.4, 0.5) is 5.69 Å². The van der Waals surface area contributed by atoms with Crippen molar-refractivity contribution in [3.8, 4) is 23.6 Å². The smallest absolute Gasteiger partial charge is 0.266 e. The molecule has 0 unspecified atom stereocenters. The first kappa shape index (κ1) is 21.8. The summed E-state index contributed by atoms with van der Waals surface area (Å²) in [6.07, 6.45) is 1.41. The number of nitriles is 2. The van der Waals surface area contributed by atoms with Crippen LogP contribution in [0.5, 0.6) is 11.5 Å². The Labute approximate surface area is 185 Å². The van der Waals surface area contributed by atoms with Gasteiger partial charge in [0.1, 0.15) is 17.7 Å². The molecule has 1 amide bonds. The Hall–Kier alpha value is -2.46. The van der Waals surface area contributed by atoms with E-state index in [1.54, 1.807) is 30.3 Å². The fourth-order valence-corrected chi connectivity index (χ4v) is 3.30. The van der Waals surface area contributed by atoms with E-state index >= 15 is 0 Å². The maximum atomic E-state index is 12.5. The number of benzene rings is 2. The van der Waals surface area contributed by atoms with Gasteiger partial charge in [0.25, 0.3) is 5.91 Å². The third-order valence-corrected chi connectivity index (χ3v) is 5.03. The van der Waals surface area contributed by atoms with Crippen molar-refractivity contribution < 1.29 is 14.3 Å². The summed E-state index contributed by atoms with van der Waals surface area (Å²) >= 11 is 14.0. The Morgan fingerprint density at radius 3 is 2.71 bits per heavy atom. The van der Waals surface area contributed by atoms with Crippen LogP contribution in [0.25, 0.3) is 6.08 Å². The summed E-state index contributed by atoms with van der Waals surface area (Å²) in [6.45, 7) is -0.131. The van der Waals surface area contributed by atoms with Crippen molar-refractivity contribution in [1.82, 2.24) is 0 Å². The average Bonchev–Trinajstić information content (AvgIpc) is 2.68. The molecule has 142 valence electrons. The van der Waals surface area contributed by atoms with E-state index in [1.807, 2.05) is 34.7 Å². The van der Waals surface area contributed by atoms with E-state index in [-0.39, 0.29) is 22.2 Å². The van der Waals surface area contributed by atoms with Crippen LogP contribution in [-0.4, -0.2) is 19.6 Å². The molecular weight excluding hydrogens is 516 g/mol. The predicted molar refractivity (Wildman–Crippen MR) is 116 cm³/mol. The topological polar surface area (TPSA) is 95.1 Å². The van der Waals surface area contributed by atoms with Crippen LogP contribution in [0, 0.1) is 26.2 Å². The van der Waals surface area contributed by atoms with Gasteiger partial charge in [-0.05, 0) is 58.5 Å². The minimum Gasteiger partial charge on any atom is -0.493 e. The third-order valence-electron chi connectivity index (χ3n) is 3.41. The normalized spacial score (nSPS) is 10.6. The zero-order chi connectivity index (χ0) is 20.7. The number of nitrogens with zero attached hydrogens (tertiary/aromatic N) is 2. The molecule has 2 aromatic carbocycles. The lowest BCUT2D eigenvalue weighted by Gasteiger charge is -2.12. The van der Waals surface area contributed by atoms with Gasteiger partial charge >= 0.3 is 0 Å². The Bertz CT molecular complexity index is 1030. The summed E-state index contributed by atoms with van der Waals surface area (Å²) < 4.78 is 11.3. The molecule has 0 radical (unpaired) electrons. The zero-order valence-corrected chi connectivity index (χ0v) is 18.1. The molecule has 0 atom stereocenters. The van der Waals surface area contributed by atoms with Crippen molar-refractivity contribution in [3.05, 3.63) is 55.1 Å². The molecule has 6 nitrogen and oxygen atoms in total. The van der Waals surface area contributed by atoms with Crippen LogP contribution in [0.15, 0.2) is 35.9 Å². The summed E-state index contributed by atoms with van der Waals surface area (Å²) in [5, 5.41) is 21.1. The molecule has 0 aliphatic rings. The molecule has 9 heteroatoms. The molecule has 0 aliphatic heterocycles. The number of carbonyl (C=O) groups excluding carboxylic acids is 1. The van der Waals surface area contributed by atoms with Crippen molar-refractivity contribution in [3.63, 3.8) is 0 Å². The minimum atomic E-state index is -0.634. The highest BCUT2D eigenvalue weighted by Gasteiger charge is 2.15. The van der Waals surface area contributed by atoms with Crippen molar-refractivity contribution in [1.29, 1.82) is 10.5 Å². The van der Waals surface area contributed by atoms with E-state index in [0.717, 1.165) is 0 Å². The summed E-state index contributed by atoms with van der Waals surface area (Å²) in [6, 6.07) is 11.9.